The number of anilines is 3. The molecule has 0 aliphatic carbocycles. The highest BCUT2D eigenvalue weighted by Crippen LogP contribution is 2.37. The molecule has 1 aromatic carbocycles. The molecule has 0 radical (unpaired) electrons. The number of hydrogen-bond acceptors (Lipinski definition) is 5. The van der Waals surface area contributed by atoms with Crippen LogP contribution in [-0.4, -0.2) is 23.6 Å². The standard InChI is InChI=1S/C13H14N4O/c1-18-10-4-2-3-9(7-10)17-6-5-11-12(17)13(14)16-8-15-11/h2-4,7-8H,5-6H2,1H3,(H2,14,15,16). The summed E-state index contributed by atoms with van der Waals surface area (Å²) >= 11 is 0. The number of hydrogen-bond donors (Lipinski definition) is 1. The molecule has 0 atom stereocenters. The lowest BCUT2D eigenvalue weighted by Crippen LogP contribution is -2.15. The molecule has 0 bridgehead atoms. The Morgan fingerprint density at radius 1 is 1.33 bits per heavy atom. The molecular weight excluding hydrogens is 228 g/mol. The molecule has 5 heteroatoms. The maximum absolute atomic E-state index is 5.95. The second kappa shape index (κ2) is 4.18. The molecular formula is C13H14N4O. The van der Waals surface area contributed by atoms with Gasteiger partial charge in [-0.05, 0) is 12.1 Å². The summed E-state index contributed by atoms with van der Waals surface area (Å²) < 4.78 is 5.24. The fourth-order valence-electron chi connectivity index (χ4n) is 2.27. The zero-order chi connectivity index (χ0) is 12.5. The Morgan fingerprint density at radius 2 is 2.22 bits per heavy atom. The summed E-state index contributed by atoms with van der Waals surface area (Å²) in [5.74, 6) is 1.36. The van der Waals surface area contributed by atoms with Gasteiger partial charge < -0.3 is 15.4 Å². The van der Waals surface area contributed by atoms with Gasteiger partial charge in [-0.1, -0.05) is 6.07 Å². The lowest BCUT2D eigenvalue weighted by Gasteiger charge is -2.20. The molecule has 5 nitrogen and oxygen atoms in total. The number of fused-ring (bicyclic) bond motifs is 1. The molecule has 3 rings (SSSR count). The predicted molar refractivity (Wildman–Crippen MR) is 70.1 cm³/mol. The highest BCUT2D eigenvalue weighted by molar-refractivity contribution is 5.77. The number of ether oxygens (including phenoxy) is 1. The van der Waals surface area contributed by atoms with Crippen molar-refractivity contribution in [1.29, 1.82) is 0 Å². The maximum atomic E-state index is 5.95. The van der Waals surface area contributed by atoms with E-state index in [9.17, 15) is 0 Å². The minimum atomic E-state index is 0.528. The number of benzene rings is 1. The smallest absolute Gasteiger partial charge is 0.151 e. The number of nitrogens with two attached hydrogens (primary N) is 1. The van der Waals surface area contributed by atoms with Gasteiger partial charge in [0.05, 0.1) is 12.8 Å². The molecule has 2 aromatic rings. The first-order chi connectivity index (χ1) is 8.79. The number of methoxy groups -OCH3 is 1. The summed E-state index contributed by atoms with van der Waals surface area (Å²) in [7, 11) is 1.66. The second-order valence-corrected chi connectivity index (χ2v) is 4.16. The molecule has 0 unspecified atom stereocenters. The summed E-state index contributed by atoms with van der Waals surface area (Å²) in [5, 5.41) is 0. The molecule has 2 heterocycles. The molecule has 0 fully saturated rings. The molecule has 18 heavy (non-hydrogen) atoms. The van der Waals surface area contributed by atoms with Crippen LogP contribution in [0.4, 0.5) is 17.2 Å². The van der Waals surface area contributed by atoms with Gasteiger partial charge in [-0.3, -0.25) is 0 Å². The molecule has 1 aromatic heterocycles. The maximum Gasteiger partial charge on any atom is 0.151 e. The highest BCUT2D eigenvalue weighted by Gasteiger charge is 2.24. The van der Waals surface area contributed by atoms with Gasteiger partial charge in [-0.25, -0.2) is 9.97 Å². The zero-order valence-electron chi connectivity index (χ0n) is 10.1. The molecule has 0 spiro atoms. The molecule has 92 valence electrons. The van der Waals surface area contributed by atoms with Crippen molar-refractivity contribution in [2.24, 2.45) is 0 Å². The van der Waals surface area contributed by atoms with Crippen molar-refractivity contribution in [2.75, 3.05) is 24.3 Å². The van der Waals surface area contributed by atoms with E-state index < -0.39 is 0 Å². The van der Waals surface area contributed by atoms with Crippen LogP contribution in [0, 0.1) is 0 Å². The van der Waals surface area contributed by atoms with Crippen molar-refractivity contribution in [3.63, 3.8) is 0 Å². The van der Waals surface area contributed by atoms with Crippen LogP contribution >= 0.6 is 0 Å². The van der Waals surface area contributed by atoms with Gasteiger partial charge in [0.25, 0.3) is 0 Å². The number of aromatic nitrogens is 2. The number of rotatable bonds is 2. The molecule has 0 saturated heterocycles. The van der Waals surface area contributed by atoms with Gasteiger partial charge in [-0.2, -0.15) is 0 Å². The third-order valence-electron chi connectivity index (χ3n) is 3.13. The van der Waals surface area contributed by atoms with Gasteiger partial charge in [0.15, 0.2) is 5.82 Å². The average molecular weight is 242 g/mol. The van der Waals surface area contributed by atoms with E-state index in [0.29, 0.717) is 5.82 Å². The Kier molecular flexibility index (Phi) is 2.51. The van der Waals surface area contributed by atoms with Crippen molar-refractivity contribution in [3.8, 4) is 5.75 Å². The van der Waals surface area contributed by atoms with Crippen molar-refractivity contribution in [1.82, 2.24) is 9.97 Å². The van der Waals surface area contributed by atoms with E-state index >= 15 is 0 Å². The lowest BCUT2D eigenvalue weighted by molar-refractivity contribution is 0.415. The van der Waals surface area contributed by atoms with E-state index in [-0.39, 0.29) is 0 Å². The van der Waals surface area contributed by atoms with E-state index in [1.165, 1.54) is 6.33 Å². The van der Waals surface area contributed by atoms with Crippen molar-refractivity contribution in [3.05, 3.63) is 36.3 Å². The summed E-state index contributed by atoms with van der Waals surface area (Å²) in [5.41, 5.74) is 8.92. The monoisotopic (exact) mass is 242 g/mol. The summed E-state index contributed by atoms with van der Waals surface area (Å²) in [4.78, 5) is 10.5. The first kappa shape index (κ1) is 10.8. The Bertz CT molecular complexity index is 585. The first-order valence-electron chi connectivity index (χ1n) is 5.80. The van der Waals surface area contributed by atoms with Crippen molar-refractivity contribution in [2.45, 2.75) is 6.42 Å². The Hall–Kier alpha value is -2.30. The predicted octanol–water partition coefficient (Wildman–Crippen LogP) is 1.76. The van der Waals surface area contributed by atoms with Crippen LogP contribution in [0.5, 0.6) is 5.75 Å². The fraction of sp³-hybridized carbons (Fsp3) is 0.231. The second-order valence-electron chi connectivity index (χ2n) is 4.16. The number of nitrogen functional groups attached to an aromatic ring is 1. The normalized spacial score (nSPS) is 13.5. The lowest BCUT2D eigenvalue weighted by atomic mass is 10.2. The van der Waals surface area contributed by atoms with Crippen LogP contribution < -0.4 is 15.4 Å². The summed E-state index contributed by atoms with van der Waals surface area (Å²) in [6.45, 7) is 0.866. The largest absolute Gasteiger partial charge is 0.497 e. The number of nitrogens with zero attached hydrogens (tertiary/aromatic N) is 3. The van der Waals surface area contributed by atoms with Gasteiger partial charge >= 0.3 is 0 Å². The van der Waals surface area contributed by atoms with Crippen LogP contribution in [0.15, 0.2) is 30.6 Å². The van der Waals surface area contributed by atoms with Crippen molar-refractivity contribution >= 4 is 17.2 Å². The van der Waals surface area contributed by atoms with E-state index in [1.54, 1.807) is 7.11 Å². The van der Waals surface area contributed by atoms with Crippen molar-refractivity contribution < 1.29 is 4.74 Å². The van der Waals surface area contributed by atoms with Gasteiger partial charge in [-0.15, -0.1) is 0 Å². The summed E-state index contributed by atoms with van der Waals surface area (Å²) in [6, 6.07) is 7.91. The van der Waals surface area contributed by atoms with Crippen LogP contribution in [-0.2, 0) is 6.42 Å². The van der Waals surface area contributed by atoms with Crippen LogP contribution in [0.2, 0.25) is 0 Å². The van der Waals surface area contributed by atoms with E-state index in [1.807, 2.05) is 24.3 Å². The highest BCUT2D eigenvalue weighted by atomic mass is 16.5. The third-order valence-corrected chi connectivity index (χ3v) is 3.13. The zero-order valence-corrected chi connectivity index (χ0v) is 10.1. The fourth-order valence-corrected chi connectivity index (χ4v) is 2.27. The Labute approximate surface area is 105 Å². The van der Waals surface area contributed by atoms with E-state index in [4.69, 9.17) is 10.5 Å². The van der Waals surface area contributed by atoms with Crippen LogP contribution in [0.1, 0.15) is 5.69 Å². The third kappa shape index (κ3) is 1.64. The van der Waals surface area contributed by atoms with E-state index in [2.05, 4.69) is 14.9 Å². The average Bonchev–Trinajstić information content (AvgIpc) is 2.84. The van der Waals surface area contributed by atoms with Crippen LogP contribution in [0.3, 0.4) is 0 Å². The minimum absolute atomic E-state index is 0.528. The van der Waals surface area contributed by atoms with Gasteiger partial charge in [0, 0.05) is 24.7 Å². The van der Waals surface area contributed by atoms with E-state index in [0.717, 1.165) is 35.8 Å². The Morgan fingerprint density at radius 3 is 3.06 bits per heavy atom. The summed E-state index contributed by atoms with van der Waals surface area (Å²) in [6.07, 6.45) is 2.41. The molecule has 1 aliphatic heterocycles. The molecule has 0 amide bonds. The Balaban J connectivity index is 2.05. The quantitative estimate of drug-likeness (QED) is 0.869. The SMILES string of the molecule is COc1cccc(N2CCc3ncnc(N)c32)c1. The first-order valence-corrected chi connectivity index (χ1v) is 5.80. The topological polar surface area (TPSA) is 64.3 Å². The molecule has 0 saturated carbocycles. The minimum Gasteiger partial charge on any atom is -0.497 e. The van der Waals surface area contributed by atoms with Gasteiger partial charge in [0.2, 0.25) is 0 Å². The van der Waals surface area contributed by atoms with Gasteiger partial charge in [0.1, 0.15) is 17.8 Å². The van der Waals surface area contributed by atoms with Crippen LogP contribution in [0.25, 0.3) is 0 Å². The molecule has 2 N–H and O–H groups in total. The molecule has 1 aliphatic rings.